The van der Waals surface area contributed by atoms with Crippen LogP contribution in [0.15, 0.2) is 16.8 Å². The first-order chi connectivity index (χ1) is 13.8. The van der Waals surface area contributed by atoms with Crippen molar-refractivity contribution in [1.29, 1.82) is 0 Å². The van der Waals surface area contributed by atoms with Crippen molar-refractivity contribution in [2.75, 3.05) is 7.11 Å². The van der Waals surface area contributed by atoms with Gasteiger partial charge in [0, 0.05) is 18.9 Å². The van der Waals surface area contributed by atoms with Crippen LogP contribution in [0, 0.1) is 34.5 Å². The van der Waals surface area contributed by atoms with Crippen molar-refractivity contribution in [1.82, 2.24) is 0 Å². The highest BCUT2D eigenvalue weighted by atomic mass is 16.4. The molecule has 6 nitrogen and oxygen atoms in total. The van der Waals surface area contributed by atoms with Gasteiger partial charge in [0.15, 0.2) is 0 Å². The first-order valence-corrected chi connectivity index (χ1v) is 11.0. The van der Waals surface area contributed by atoms with Crippen LogP contribution in [0.1, 0.15) is 66.2 Å². The van der Waals surface area contributed by atoms with Gasteiger partial charge in [-0.15, -0.1) is 0 Å². The Balaban J connectivity index is 0.000000707. The van der Waals surface area contributed by atoms with Gasteiger partial charge >= 0.3 is 0 Å². The van der Waals surface area contributed by atoms with Crippen molar-refractivity contribution in [2.24, 2.45) is 39.7 Å². The number of aliphatic hydroxyl groups is 3. The number of oxime groups is 1. The Morgan fingerprint density at radius 3 is 2.21 bits per heavy atom. The second-order valence-corrected chi connectivity index (χ2v) is 9.27. The molecule has 8 atom stereocenters. The smallest absolute Gasteiger partial charge is 0.123 e. The zero-order valence-electron chi connectivity index (χ0n) is 18.5. The van der Waals surface area contributed by atoms with E-state index in [0.717, 1.165) is 39.1 Å². The van der Waals surface area contributed by atoms with E-state index in [-0.39, 0.29) is 22.7 Å². The molecule has 3 fully saturated rings. The van der Waals surface area contributed by atoms with Gasteiger partial charge in [0.1, 0.15) is 6.29 Å². The Morgan fingerprint density at radius 2 is 1.62 bits per heavy atom. The van der Waals surface area contributed by atoms with Crippen molar-refractivity contribution >= 4 is 12.0 Å². The summed E-state index contributed by atoms with van der Waals surface area (Å²) in [6.45, 7) is 8.43. The molecule has 0 bridgehead atoms. The molecule has 0 radical (unpaired) electrons. The second-order valence-electron chi connectivity index (χ2n) is 9.27. The average molecular weight is 410 g/mol. The fourth-order valence-corrected chi connectivity index (χ4v) is 6.78. The summed E-state index contributed by atoms with van der Waals surface area (Å²) in [5.41, 5.74) is 1.75. The Labute approximate surface area is 174 Å². The fourth-order valence-electron chi connectivity index (χ4n) is 6.78. The molecule has 8 unspecified atom stereocenters. The Bertz CT molecular complexity index is 647. The van der Waals surface area contributed by atoms with Crippen LogP contribution in [0.5, 0.6) is 0 Å². The molecule has 29 heavy (non-hydrogen) atoms. The minimum absolute atomic E-state index is 0.000637. The second kappa shape index (κ2) is 9.27. The minimum atomic E-state index is -0.760. The van der Waals surface area contributed by atoms with Gasteiger partial charge in [0.25, 0.3) is 0 Å². The molecule has 3 saturated carbocycles. The summed E-state index contributed by atoms with van der Waals surface area (Å²) in [6.07, 6.45) is 6.63. The summed E-state index contributed by atoms with van der Waals surface area (Å²) < 4.78 is 0. The molecular formula is C23H39NO5. The van der Waals surface area contributed by atoms with Crippen LogP contribution in [0.25, 0.3) is 0 Å². The van der Waals surface area contributed by atoms with Gasteiger partial charge < -0.3 is 25.3 Å². The number of allylic oxidation sites excluding steroid dienone is 2. The number of hydrogen-bond donors (Lipinski definition) is 4. The van der Waals surface area contributed by atoms with Crippen LogP contribution in [0.3, 0.4) is 0 Å². The van der Waals surface area contributed by atoms with Crippen molar-refractivity contribution in [2.45, 2.75) is 78.4 Å². The summed E-state index contributed by atoms with van der Waals surface area (Å²) in [6, 6.07) is 0. The summed E-state index contributed by atoms with van der Waals surface area (Å²) in [4.78, 5) is 11.6. The van der Waals surface area contributed by atoms with Gasteiger partial charge in [-0.1, -0.05) is 38.4 Å². The topological polar surface area (TPSA) is 110 Å². The lowest BCUT2D eigenvalue weighted by molar-refractivity contribution is -0.115. The molecule has 0 aromatic carbocycles. The van der Waals surface area contributed by atoms with Crippen LogP contribution < -0.4 is 0 Å². The third-order valence-corrected chi connectivity index (χ3v) is 8.30. The highest BCUT2D eigenvalue weighted by Gasteiger charge is 2.59. The third-order valence-electron chi connectivity index (χ3n) is 8.30. The monoisotopic (exact) mass is 409 g/mol. The zero-order valence-corrected chi connectivity index (χ0v) is 18.5. The number of carbonyl (C=O) groups excluding carboxylic acids is 1. The van der Waals surface area contributed by atoms with Crippen molar-refractivity contribution in [3.05, 3.63) is 11.6 Å². The number of hydrogen-bond acceptors (Lipinski definition) is 6. The average Bonchev–Trinajstić information content (AvgIpc) is 3.08. The van der Waals surface area contributed by atoms with Crippen LogP contribution in [-0.4, -0.2) is 51.8 Å². The first kappa shape index (κ1) is 24.0. The largest absolute Gasteiger partial charge is 0.411 e. The maximum Gasteiger partial charge on any atom is 0.123 e. The lowest BCUT2D eigenvalue weighted by Gasteiger charge is -2.57. The molecule has 0 aromatic rings. The molecular weight excluding hydrogens is 370 g/mol. The standard InChI is InChI=1S/C20H29NO4.C2H6.CH4O/c1-19-6-5-14-12(13(19)4-3-11(19)10-22)7-16(21-25)15-8-17(23)18(24)9-20(14,15)2;2*1-2/h7,10-11,13-15,17-18,23-25H,3-6,8-9H2,1-2H3;1-2H3;2H,1H3/b21-16+;;. The lowest BCUT2D eigenvalue weighted by atomic mass is 9.47. The summed E-state index contributed by atoms with van der Waals surface area (Å²) in [5, 5.41) is 40.7. The molecule has 4 aliphatic rings. The molecule has 0 amide bonds. The van der Waals surface area contributed by atoms with Crippen molar-refractivity contribution in [3.8, 4) is 0 Å². The SMILES string of the molecule is CC.CC12CCC3C(=C/C(=N\O)C4CC(O)C(O)CC34C)C1CCC2C=O.CO. The Hall–Kier alpha value is -1.24. The number of rotatable bonds is 1. The van der Waals surface area contributed by atoms with Crippen molar-refractivity contribution < 1.29 is 25.3 Å². The third kappa shape index (κ3) is 3.68. The molecule has 4 aliphatic carbocycles. The summed E-state index contributed by atoms with van der Waals surface area (Å²) in [7, 11) is 1.00. The van der Waals surface area contributed by atoms with E-state index in [2.05, 4.69) is 25.1 Å². The summed E-state index contributed by atoms with van der Waals surface area (Å²) >= 11 is 0. The van der Waals surface area contributed by atoms with E-state index in [0.29, 0.717) is 30.4 Å². The van der Waals surface area contributed by atoms with Gasteiger partial charge in [0.05, 0.1) is 17.9 Å². The molecule has 0 heterocycles. The quantitative estimate of drug-likeness (QED) is 0.302. The highest BCUT2D eigenvalue weighted by molar-refractivity contribution is 5.99. The molecule has 0 aliphatic heterocycles. The lowest BCUT2D eigenvalue weighted by Crippen LogP contribution is -2.55. The fraction of sp³-hybridized carbons (Fsp3) is 0.826. The molecule has 6 heteroatoms. The van der Waals surface area contributed by atoms with Crippen LogP contribution in [0.2, 0.25) is 0 Å². The van der Waals surface area contributed by atoms with Crippen molar-refractivity contribution in [3.63, 3.8) is 0 Å². The van der Waals surface area contributed by atoms with Gasteiger partial charge in [0.2, 0.25) is 0 Å². The highest BCUT2D eigenvalue weighted by Crippen LogP contribution is 2.65. The van der Waals surface area contributed by atoms with Crippen LogP contribution in [-0.2, 0) is 4.79 Å². The zero-order chi connectivity index (χ0) is 22.0. The van der Waals surface area contributed by atoms with Crippen LogP contribution in [0.4, 0.5) is 0 Å². The maximum atomic E-state index is 11.6. The van der Waals surface area contributed by atoms with E-state index in [1.54, 1.807) is 0 Å². The van der Waals surface area contributed by atoms with E-state index >= 15 is 0 Å². The van der Waals surface area contributed by atoms with Gasteiger partial charge in [-0.25, -0.2) is 0 Å². The van der Waals surface area contributed by atoms with Crippen LogP contribution >= 0.6 is 0 Å². The van der Waals surface area contributed by atoms with E-state index in [1.165, 1.54) is 5.57 Å². The first-order valence-electron chi connectivity index (χ1n) is 11.0. The number of carbonyl (C=O) groups is 1. The molecule has 4 rings (SSSR count). The predicted octanol–water partition coefficient (Wildman–Crippen LogP) is 3.17. The van der Waals surface area contributed by atoms with E-state index in [4.69, 9.17) is 5.11 Å². The van der Waals surface area contributed by atoms with Gasteiger partial charge in [-0.3, -0.25) is 0 Å². The maximum absolute atomic E-state index is 11.6. The minimum Gasteiger partial charge on any atom is -0.411 e. The van der Waals surface area contributed by atoms with E-state index < -0.39 is 12.2 Å². The summed E-state index contributed by atoms with van der Waals surface area (Å²) in [5.74, 6) is 0.754. The molecule has 166 valence electrons. The Kier molecular flexibility index (Phi) is 7.68. The molecule has 0 saturated heterocycles. The molecule has 0 aromatic heterocycles. The van der Waals surface area contributed by atoms with Gasteiger partial charge in [-0.2, -0.15) is 0 Å². The number of aldehydes is 1. The number of aliphatic hydroxyl groups excluding tert-OH is 3. The van der Waals surface area contributed by atoms with Gasteiger partial charge in [-0.05, 0) is 67.3 Å². The number of fused-ring (bicyclic) bond motifs is 5. The predicted molar refractivity (Wildman–Crippen MR) is 113 cm³/mol. The number of nitrogens with zero attached hydrogens (tertiary/aromatic N) is 1. The van der Waals surface area contributed by atoms with E-state index in [9.17, 15) is 20.2 Å². The molecule has 4 N–H and O–H groups in total. The normalized spacial score (nSPS) is 46.6. The molecule has 0 spiro atoms. The van der Waals surface area contributed by atoms with E-state index in [1.807, 2.05) is 13.8 Å². The Morgan fingerprint density at radius 1 is 1.00 bits per heavy atom.